The standard InChI is InChI=1S/C23H20ClF2N3O3/c1-13-18(16-6-4-14(9-27)5-7-16)19(22(31)32-3)20(23(2,25)26)29(13)11-15-8-17(12-30)21(24)28-10-15/h4-8,10,30H,11-12H2,1-3H3. The average molecular weight is 460 g/mol. The first-order chi connectivity index (χ1) is 15.1. The zero-order chi connectivity index (χ0) is 23.6. The van der Waals surface area contributed by atoms with Gasteiger partial charge in [-0.1, -0.05) is 23.7 Å². The number of pyridine rings is 1. The Morgan fingerprint density at radius 3 is 2.53 bits per heavy atom. The summed E-state index contributed by atoms with van der Waals surface area (Å²) in [6.07, 6.45) is 1.43. The number of aromatic nitrogens is 2. The van der Waals surface area contributed by atoms with Crippen molar-refractivity contribution in [1.29, 1.82) is 5.26 Å². The van der Waals surface area contributed by atoms with Crippen LogP contribution in [0.1, 0.15) is 45.4 Å². The number of aliphatic hydroxyl groups is 1. The molecule has 0 saturated heterocycles. The van der Waals surface area contributed by atoms with E-state index >= 15 is 0 Å². The van der Waals surface area contributed by atoms with Gasteiger partial charge in [0.1, 0.15) is 10.8 Å². The Kier molecular flexibility index (Phi) is 6.63. The van der Waals surface area contributed by atoms with Crippen molar-refractivity contribution in [2.24, 2.45) is 0 Å². The van der Waals surface area contributed by atoms with Gasteiger partial charge in [0.25, 0.3) is 5.92 Å². The van der Waals surface area contributed by atoms with Gasteiger partial charge >= 0.3 is 5.97 Å². The Morgan fingerprint density at radius 2 is 2.00 bits per heavy atom. The van der Waals surface area contributed by atoms with Crippen molar-refractivity contribution >= 4 is 17.6 Å². The number of nitriles is 1. The Labute approximate surface area is 188 Å². The molecule has 2 heterocycles. The number of hydrogen-bond acceptors (Lipinski definition) is 5. The van der Waals surface area contributed by atoms with Crippen LogP contribution in [-0.2, 0) is 23.8 Å². The zero-order valence-corrected chi connectivity index (χ0v) is 18.4. The van der Waals surface area contributed by atoms with E-state index in [9.17, 15) is 18.7 Å². The molecule has 32 heavy (non-hydrogen) atoms. The molecule has 0 atom stereocenters. The summed E-state index contributed by atoms with van der Waals surface area (Å²) in [6.45, 7) is 1.95. The third-order valence-electron chi connectivity index (χ3n) is 5.11. The molecule has 0 saturated carbocycles. The van der Waals surface area contributed by atoms with Gasteiger partial charge in [-0.25, -0.2) is 9.78 Å². The molecule has 0 aliphatic carbocycles. The summed E-state index contributed by atoms with van der Waals surface area (Å²) in [7, 11) is 1.13. The van der Waals surface area contributed by atoms with E-state index in [1.807, 2.05) is 6.07 Å². The fourth-order valence-electron chi connectivity index (χ4n) is 3.68. The molecule has 0 radical (unpaired) electrons. The second-order valence-electron chi connectivity index (χ2n) is 7.29. The van der Waals surface area contributed by atoms with Crippen LogP contribution in [0, 0.1) is 18.3 Å². The van der Waals surface area contributed by atoms with Gasteiger partial charge in [-0.2, -0.15) is 14.0 Å². The molecule has 166 valence electrons. The number of esters is 1. The average Bonchev–Trinajstić information content (AvgIpc) is 3.06. The van der Waals surface area contributed by atoms with E-state index in [2.05, 4.69) is 4.98 Å². The molecular formula is C23H20ClF2N3O3. The van der Waals surface area contributed by atoms with Gasteiger partial charge in [-0.15, -0.1) is 0 Å². The molecule has 1 aromatic carbocycles. The van der Waals surface area contributed by atoms with Gasteiger partial charge in [0, 0.05) is 36.5 Å². The number of alkyl halides is 2. The van der Waals surface area contributed by atoms with E-state index in [0.29, 0.717) is 40.4 Å². The van der Waals surface area contributed by atoms with Crippen molar-refractivity contribution in [2.75, 3.05) is 7.11 Å². The second-order valence-corrected chi connectivity index (χ2v) is 7.65. The van der Waals surface area contributed by atoms with Crippen molar-refractivity contribution in [3.8, 4) is 17.2 Å². The third kappa shape index (κ3) is 4.35. The van der Waals surface area contributed by atoms with Crippen molar-refractivity contribution < 1.29 is 23.4 Å². The highest BCUT2D eigenvalue weighted by atomic mass is 35.5. The van der Waals surface area contributed by atoms with E-state index in [-0.39, 0.29) is 23.9 Å². The molecule has 3 aromatic rings. The predicted molar refractivity (Wildman–Crippen MR) is 114 cm³/mol. The van der Waals surface area contributed by atoms with Gasteiger partial charge in [0.05, 0.1) is 30.9 Å². The van der Waals surface area contributed by atoms with Crippen LogP contribution in [0.25, 0.3) is 11.1 Å². The quantitative estimate of drug-likeness (QED) is 0.421. The van der Waals surface area contributed by atoms with Crippen LogP contribution in [0.4, 0.5) is 8.78 Å². The summed E-state index contributed by atoms with van der Waals surface area (Å²) in [6, 6.07) is 9.88. The van der Waals surface area contributed by atoms with Gasteiger partial charge < -0.3 is 14.4 Å². The molecule has 3 rings (SSSR count). The second kappa shape index (κ2) is 9.07. The number of rotatable bonds is 6. The summed E-state index contributed by atoms with van der Waals surface area (Å²) >= 11 is 5.95. The molecule has 1 N–H and O–H groups in total. The highest BCUT2D eigenvalue weighted by Gasteiger charge is 2.39. The maximum Gasteiger partial charge on any atom is 0.340 e. The number of nitrogens with zero attached hydrogens (tertiary/aromatic N) is 3. The van der Waals surface area contributed by atoms with E-state index in [1.165, 1.54) is 10.8 Å². The molecule has 0 aliphatic heterocycles. The molecule has 2 aromatic heterocycles. The van der Waals surface area contributed by atoms with Crippen LogP contribution in [0.15, 0.2) is 36.5 Å². The Bertz CT molecular complexity index is 1210. The van der Waals surface area contributed by atoms with Crippen molar-refractivity contribution in [3.63, 3.8) is 0 Å². The van der Waals surface area contributed by atoms with E-state index < -0.39 is 17.6 Å². The molecule has 0 unspecified atom stereocenters. The smallest absolute Gasteiger partial charge is 0.340 e. The number of halogens is 3. The summed E-state index contributed by atoms with van der Waals surface area (Å²) in [4.78, 5) is 16.7. The van der Waals surface area contributed by atoms with Crippen LogP contribution in [0.2, 0.25) is 5.15 Å². The number of methoxy groups -OCH3 is 1. The number of benzene rings is 1. The lowest BCUT2D eigenvalue weighted by atomic mass is 9.98. The first kappa shape index (κ1) is 23.4. The SMILES string of the molecule is COC(=O)c1c(-c2ccc(C#N)cc2)c(C)n(Cc2cnc(Cl)c(CO)c2)c1C(C)(F)F. The molecule has 6 nitrogen and oxygen atoms in total. The summed E-state index contributed by atoms with van der Waals surface area (Å²) < 4.78 is 35.9. The van der Waals surface area contributed by atoms with Crippen molar-refractivity contribution in [1.82, 2.24) is 9.55 Å². The Morgan fingerprint density at radius 1 is 1.34 bits per heavy atom. The monoisotopic (exact) mass is 459 g/mol. The topological polar surface area (TPSA) is 88.1 Å². The number of aliphatic hydroxyl groups excluding tert-OH is 1. The lowest BCUT2D eigenvalue weighted by Gasteiger charge is -2.18. The van der Waals surface area contributed by atoms with Gasteiger partial charge in [-0.3, -0.25) is 0 Å². The van der Waals surface area contributed by atoms with Crippen LogP contribution >= 0.6 is 11.6 Å². The molecular weight excluding hydrogens is 440 g/mol. The minimum atomic E-state index is -3.38. The fraction of sp³-hybridized carbons (Fsp3) is 0.261. The Balaban J connectivity index is 2.30. The minimum absolute atomic E-state index is 0.0396. The third-order valence-corrected chi connectivity index (χ3v) is 5.45. The molecule has 0 bridgehead atoms. The largest absolute Gasteiger partial charge is 0.465 e. The number of carbonyl (C=O) groups excluding carboxylic acids is 1. The molecule has 0 amide bonds. The molecule has 9 heteroatoms. The first-order valence-corrected chi connectivity index (χ1v) is 9.94. The van der Waals surface area contributed by atoms with Gasteiger partial charge in [-0.05, 0) is 36.2 Å². The Hall–Kier alpha value is -3.28. The highest BCUT2D eigenvalue weighted by molar-refractivity contribution is 6.30. The number of hydrogen-bond donors (Lipinski definition) is 1. The maximum atomic E-state index is 14.9. The minimum Gasteiger partial charge on any atom is -0.465 e. The zero-order valence-electron chi connectivity index (χ0n) is 17.6. The number of ether oxygens (including phenoxy) is 1. The summed E-state index contributed by atoms with van der Waals surface area (Å²) in [5.41, 5.74) is 1.73. The van der Waals surface area contributed by atoms with E-state index in [4.69, 9.17) is 21.6 Å². The lowest BCUT2D eigenvalue weighted by molar-refractivity contribution is 0.00690. The maximum absolute atomic E-state index is 14.9. The molecule has 0 aliphatic rings. The van der Waals surface area contributed by atoms with Crippen molar-refractivity contribution in [2.45, 2.75) is 32.9 Å². The highest BCUT2D eigenvalue weighted by Crippen LogP contribution is 2.41. The summed E-state index contributed by atoms with van der Waals surface area (Å²) in [5.74, 6) is -4.27. The lowest BCUT2D eigenvalue weighted by Crippen LogP contribution is -2.20. The van der Waals surface area contributed by atoms with Crippen LogP contribution in [0.5, 0.6) is 0 Å². The van der Waals surface area contributed by atoms with Gasteiger partial charge in [0.2, 0.25) is 0 Å². The van der Waals surface area contributed by atoms with Crippen LogP contribution in [0.3, 0.4) is 0 Å². The van der Waals surface area contributed by atoms with Crippen LogP contribution in [-0.4, -0.2) is 27.7 Å². The van der Waals surface area contributed by atoms with E-state index in [0.717, 1.165) is 7.11 Å². The van der Waals surface area contributed by atoms with Crippen molar-refractivity contribution in [3.05, 3.63) is 75.3 Å². The van der Waals surface area contributed by atoms with E-state index in [1.54, 1.807) is 37.3 Å². The predicted octanol–water partition coefficient (Wildman–Crippen LogP) is 4.82. The summed E-state index contributed by atoms with van der Waals surface area (Å²) in [5, 5.41) is 18.6. The van der Waals surface area contributed by atoms with Gasteiger partial charge in [0.15, 0.2) is 0 Å². The normalized spacial score (nSPS) is 11.3. The number of carbonyl (C=O) groups is 1. The molecule has 0 spiro atoms. The first-order valence-electron chi connectivity index (χ1n) is 9.56. The molecule has 0 fully saturated rings. The fourth-order valence-corrected chi connectivity index (χ4v) is 3.84. The van der Waals surface area contributed by atoms with Crippen LogP contribution < -0.4 is 0 Å².